The number of hydrogen-bond donors (Lipinski definition) is 1. The molecule has 0 saturated carbocycles. The standard InChI is InChI=1S/C16H18ClNO3S/c1-2-7-21-16-9-18-14(8-15(16)19)11-22(20)10-12-3-5-13(17)6-4-12/h3-6,8-9H,2,7,10-11H2,1H3,(H,18,19). The Morgan fingerprint density at radius 1 is 1.23 bits per heavy atom. The zero-order valence-electron chi connectivity index (χ0n) is 12.3. The third kappa shape index (κ3) is 5.00. The van der Waals surface area contributed by atoms with Crippen LogP contribution in [0.4, 0.5) is 0 Å². The number of ether oxygens (including phenoxy) is 1. The Bertz CT molecular complexity index is 697. The van der Waals surface area contributed by atoms with Crippen LogP contribution in [0.25, 0.3) is 0 Å². The molecule has 22 heavy (non-hydrogen) atoms. The average Bonchev–Trinajstić information content (AvgIpc) is 2.49. The van der Waals surface area contributed by atoms with Crippen molar-refractivity contribution in [2.45, 2.75) is 24.9 Å². The van der Waals surface area contributed by atoms with E-state index in [0.29, 0.717) is 34.6 Å². The second-order valence-corrected chi connectivity index (χ2v) is 6.78. The van der Waals surface area contributed by atoms with Gasteiger partial charge in [0.25, 0.3) is 0 Å². The van der Waals surface area contributed by atoms with Crippen LogP contribution in [0.3, 0.4) is 0 Å². The highest BCUT2D eigenvalue weighted by atomic mass is 35.5. The van der Waals surface area contributed by atoms with Crippen LogP contribution in [0.15, 0.2) is 41.3 Å². The quantitative estimate of drug-likeness (QED) is 0.842. The van der Waals surface area contributed by atoms with Crippen molar-refractivity contribution >= 4 is 22.4 Å². The van der Waals surface area contributed by atoms with E-state index in [2.05, 4.69) is 4.98 Å². The first-order valence-corrected chi connectivity index (χ1v) is 8.89. The van der Waals surface area contributed by atoms with Crippen LogP contribution in [-0.2, 0) is 22.3 Å². The molecule has 0 amide bonds. The minimum Gasteiger partial charge on any atom is -0.488 e. The molecule has 1 unspecified atom stereocenters. The molecule has 0 aliphatic carbocycles. The van der Waals surface area contributed by atoms with Crippen molar-refractivity contribution in [3.63, 3.8) is 0 Å². The highest BCUT2D eigenvalue weighted by molar-refractivity contribution is 7.83. The monoisotopic (exact) mass is 339 g/mol. The second kappa shape index (κ2) is 8.15. The molecular weight excluding hydrogens is 322 g/mol. The minimum absolute atomic E-state index is 0.189. The second-order valence-electron chi connectivity index (χ2n) is 4.89. The van der Waals surface area contributed by atoms with Crippen molar-refractivity contribution in [2.24, 2.45) is 0 Å². The topological polar surface area (TPSA) is 59.2 Å². The summed E-state index contributed by atoms with van der Waals surface area (Å²) in [7, 11) is -1.10. The van der Waals surface area contributed by atoms with E-state index < -0.39 is 10.8 Å². The Morgan fingerprint density at radius 3 is 2.59 bits per heavy atom. The third-order valence-electron chi connectivity index (χ3n) is 2.96. The first-order chi connectivity index (χ1) is 10.6. The summed E-state index contributed by atoms with van der Waals surface area (Å²) in [6, 6.07) is 8.70. The zero-order valence-corrected chi connectivity index (χ0v) is 13.9. The summed E-state index contributed by atoms with van der Waals surface area (Å²) in [5.41, 5.74) is 1.40. The molecule has 0 aliphatic heterocycles. The molecule has 1 aromatic carbocycles. The van der Waals surface area contributed by atoms with E-state index in [-0.39, 0.29) is 5.43 Å². The van der Waals surface area contributed by atoms with Crippen molar-refractivity contribution < 1.29 is 8.95 Å². The first kappa shape index (κ1) is 16.8. The summed E-state index contributed by atoms with van der Waals surface area (Å²) in [6.07, 6.45) is 2.37. The van der Waals surface area contributed by atoms with Crippen LogP contribution in [-0.4, -0.2) is 15.8 Å². The van der Waals surface area contributed by atoms with E-state index in [1.165, 1.54) is 12.3 Å². The molecule has 0 saturated heterocycles. The van der Waals surface area contributed by atoms with E-state index in [1.54, 1.807) is 12.1 Å². The zero-order chi connectivity index (χ0) is 15.9. The SMILES string of the molecule is CCCOc1c[nH]c(CS(=O)Cc2ccc(Cl)cc2)cc1=O. The molecule has 6 heteroatoms. The van der Waals surface area contributed by atoms with E-state index in [0.717, 1.165) is 12.0 Å². The Labute approximate surface area is 136 Å². The molecule has 1 heterocycles. The smallest absolute Gasteiger partial charge is 0.223 e. The Hall–Kier alpha value is -1.59. The summed E-state index contributed by atoms with van der Waals surface area (Å²) >= 11 is 5.82. The largest absolute Gasteiger partial charge is 0.488 e. The number of nitrogens with one attached hydrogen (secondary N) is 1. The number of hydrogen-bond acceptors (Lipinski definition) is 3. The van der Waals surface area contributed by atoms with Crippen molar-refractivity contribution in [3.05, 3.63) is 63.0 Å². The molecule has 4 nitrogen and oxygen atoms in total. The van der Waals surface area contributed by atoms with Crippen molar-refractivity contribution in [1.82, 2.24) is 4.98 Å². The number of halogens is 1. The van der Waals surface area contributed by atoms with Crippen LogP contribution in [0.2, 0.25) is 5.02 Å². The number of rotatable bonds is 7. The Morgan fingerprint density at radius 2 is 1.95 bits per heavy atom. The van der Waals surface area contributed by atoms with Gasteiger partial charge < -0.3 is 9.72 Å². The summed E-state index contributed by atoms with van der Waals surface area (Å²) in [5, 5.41) is 0.654. The molecule has 1 N–H and O–H groups in total. The van der Waals surface area contributed by atoms with Crippen molar-refractivity contribution in [2.75, 3.05) is 6.61 Å². The van der Waals surface area contributed by atoms with Crippen LogP contribution in [0, 0.1) is 0 Å². The predicted molar refractivity (Wildman–Crippen MR) is 89.9 cm³/mol. The molecule has 0 fully saturated rings. The Balaban J connectivity index is 1.98. The lowest BCUT2D eigenvalue weighted by atomic mass is 10.2. The van der Waals surface area contributed by atoms with Gasteiger partial charge in [0.05, 0.1) is 12.4 Å². The highest BCUT2D eigenvalue weighted by Gasteiger charge is 2.07. The fourth-order valence-electron chi connectivity index (χ4n) is 1.90. The minimum atomic E-state index is -1.10. The molecular formula is C16H18ClNO3S. The van der Waals surface area contributed by atoms with Crippen molar-refractivity contribution in [3.8, 4) is 5.75 Å². The Kier molecular flexibility index (Phi) is 6.21. The van der Waals surface area contributed by atoms with E-state index in [1.807, 2.05) is 19.1 Å². The fraction of sp³-hybridized carbons (Fsp3) is 0.312. The lowest BCUT2D eigenvalue weighted by Gasteiger charge is -2.06. The molecule has 1 aromatic heterocycles. The third-order valence-corrected chi connectivity index (χ3v) is 4.50. The van der Waals surface area contributed by atoms with Gasteiger partial charge in [-0.3, -0.25) is 9.00 Å². The molecule has 0 spiro atoms. The van der Waals surface area contributed by atoms with E-state index >= 15 is 0 Å². The number of benzene rings is 1. The molecule has 2 aromatic rings. The van der Waals surface area contributed by atoms with Gasteiger partial charge in [-0.05, 0) is 24.1 Å². The highest BCUT2D eigenvalue weighted by Crippen LogP contribution is 2.12. The van der Waals surface area contributed by atoms with Gasteiger partial charge in [0, 0.05) is 39.5 Å². The molecule has 1 atom stereocenters. The van der Waals surface area contributed by atoms with Gasteiger partial charge in [-0.1, -0.05) is 30.7 Å². The number of aromatic nitrogens is 1. The normalized spacial score (nSPS) is 12.1. The number of pyridine rings is 1. The number of H-pyrrole nitrogens is 1. The van der Waals surface area contributed by atoms with Crippen LogP contribution >= 0.6 is 11.6 Å². The van der Waals surface area contributed by atoms with Gasteiger partial charge >= 0.3 is 0 Å². The lowest BCUT2D eigenvalue weighted by Crippen LogP contribution is -2.11. The molecule has 118 valence electrons. The average molecular weight is 340 g/mol. The van der Waals surface area contributed by atoms with E-state index in [9.17, 15) is 9.00 Å². The summed E-state index contributed by atoms with van der Waals surface area (Å²) in [4.78, 5) is 14.8. The number of aromatic amines is 1. The predicted octanol–water partition coefficient (Wildman–Crippen LogP) is 3.27. The first-order valence-electron chi connectivity index (χ1n) is 7.02. The molecule has 0 bridgehead atoms. The lowest BCUT2D eigenvalue weighted by molar-refractivity contribution is 0.313. The van der Waals surface area contributed by atoms with E-state index in [4.69, 9.17) is 16.3 Å². The van der Waals surface area contributed by atoms with Gasteiger partial charge in [0.15, 0.2) is 5.75 Å². The maximum Gasteiger partial charge on any atom is 0.223 e. The van der Waals surface area contributed by atoms with Crippen LogP contribution < -0.4 is 10.2 Å². The summed E-state index contributed by atoms with van der Waals surface area (Å²) < 4.78 is 17.5. The van der Waals surface area contributed by atoms with Gasteiger partial charge in [-0.25, -0.2) is 0 Å². The molecule has 0 radical (unpaired) electrons. The van der Waals surface area contributed by atoms with Gasteiger partial charge in [0.2, 0.25) is 5.43 Å². The molecule has 2 rings (SSSR count). The fourth-order valence-corrected chi connectivity index (χ4v) is 3.21. The van der Waals surface area contributed by atoms with Gasteiger partial charge in [-0.2, -0.15) is 0 Å². The maximum atomic E-state index is 12.2. The maximum absolute atomic E-state index is 12.2. The van der Waals surface area contributed by atoms with Crippen LogP contribution in [0.1, 0.15) is 24.6 Å². The summed E-state index contributed by atoms with van der Waals surface area (Å²) in [6.45, 7) is 2.48. The van der Waals surface area contributed by atoms with Gasteiger partial charge in [-0.15, -0.1) is 0 Å². The van der Waals surface area contributed by atoms with Gasteiger partial charge in [0.1, 0.15) is 0 Å². The van der Waals surface area contributed by atoms with Crippen molar-refractivity contribution in [1.29, 1.82) is 0 Å². The molecule has 0 aliphatic rings. The van der Waals surface area contributed by atoms with Crippen LogP contribution in [0.5, 0.6) is 5.75 Å². The summed E-state index contributed by atoms with van der Waals surface area (Å²) in [5.74, 6) is 1.02.